The molecule has 2 N–H and O–H groups in total. The molecule has 39 heavy (non-hydrogen) atoms. The average molecular weight is 530 g/mol. The van der Waals surface area contributed by atoms with Crippen LogP contribution in [0, 0.1) is 13.8 Å². The number of alkyl halides is 3. The van der Waals surface area contributed by atoms with Crippen LogP contribution in [0.15, 0.2) is 84.9 Å². The van der Waals surface area contributed by atoms with Gasteiger partial charge in [0.15, 0.2) is 0 Å². The molecular formula is C31H26F3N3O2. The number of aromatic nitrogens is 2. The second-order valence-electron chi connectivity index (χ2n) is 9.61. The summed E-state index contributed by atoms with van der Waals surface area (Å²) in [5.74, 6) is -0.908. The number of carboxylic acid groups (broad SMARTS) is 1. The lowest BCUT2D eigenvalue weighted by atomic mass is 10.0. The number of aryl methyl sites for hydroxylation is 2. The van der Waals surface area contributed by atoms with Crippen LogP contribution in [-0.4, -0.2) is 20.9 Å². The molecule has 0 unspecified atom stereocenters. The van der Waals surface area contributed by atoms with E-state index in [9.17, 15) is 18.0 Å². The fraction of sp³-hybridized carbons (Fsp3) is 0.161. The van der Waals surface area contributed by atoms with Crippen LogP contribution in [-0.2, 0) is 23.9 Å². The molecule has 8 heteroatoms. The zero-order valence-electron chi connectivity index (χ0n) is 21.4. The number of halogens is 3. The summed E-state index contributed by atoms with van der Waals surface area (Å²) in [6.45, 7) is 4.31. The summed E-state index contributed by atoms with van der Waals surface area (Å²) in [6, 6.07) is 24.7. The third kappa shape index (κ3) is 5.65. The third-order valence-electron chi connectivity index (χ3n) is 6.62. The fourth-order valence-corrected chi connectivity index (χ4v) is 4.80. The summed E-state index contributed by atoms with van der Waals surface area (Å²) in [7, 11) is 0. The van der Waals surface area contributed by atoms with Gasteiger partial charge < -0.3 is 10.4 Å². The maximum absolute atomic E-state index is 13.9. The average Bonchev–Trinajstić information content (AvgIpc) is 3.23. The molecule has 0 saturated carbocycles. The van der Waals surface area contributed by atoms with Gasteiger partial charge in [-0.1, -0.05) is 60.2 Å². The molecule has 0 fully saturated rings. The minimum absolute atomic E-state index is 0.0775. The Balaban J connectivity index is 1.55. The van der Waals surface area contributed by atoms with Crippen LogP contribution in [0.25, 0.3) is 22.2 Å². The molecule has 0 spiro atoms. The predicted octanol–water partition coefficient (Wildman–Crippen LogP) is 7.76. The van der Waals surface area contributed by atoms with Crippen molar-refractivity contribution in [3.63, 3.8) is 0 Å². The summed E-state index contributed by atoms with van der Waals surface area (Å²) >= 11 is 0. The summed E-state index contributed by atoms with van der Waals surface area (Å²) in [4.78, 5) is 11.0. The first-order valence-corrected chi connectivity index (χ1v) is 12.4. The second-order valence-corrected chi connectivity index (χ2v) is 9.61. The Labute approximate surface area is 223 Å². The van der Waals surface area contributed by atoms with E-state index in [-0.39, 0.29) is 11.9 Å². The third-order valence-corrected chi connectivity index (χ3v) is 6.62. The molecule has 0 amide bonds. The largest absolute Gasteiger partial charge is 0.481 e. The van der Waals surface area contributed by atoms with E-state index in [4.69, 9.17) is 5.11 Å². The van der Waals surface area contributed by atoms with Gasteiger partial charge in [0.25, 0.3) is 0 Å². The number of aliphatic carboxylic acids is 1. The van der Waals surface area contributed by atoms with Crippen molar-refractivity contribution in [1.29, 1.82) is 0 Å². The van der Waals surface area contributed by atoms with E-state index >= 15 is 0 Å². The fourth-order valence-electron chi connectivity index (χ4n) is 4.80. The minimum Gasteiger partial charge on any atom is -0.481 e. The monoisotopic (exact) mass is 529 g/mol. The van der Waals surface area contributed by atoms with Gasteiger partial charge in [0.05, 0.1) is 24.2 Å². The standard InChI is InChI=1S/C31H26F3N3O2/c1-19-9-10-23(20(2)15-19)18-37-30(26-7-4-8-27(29(26)36-37)31(32,33)34)22-11-13-24(14-12-22)35-25-6-3-5-21(16-25)17-28(38)39/h3-16,35H,17-18H2,1-2H3,(H,38,39). The van der Waals surface area contributed by atoms with E-state index in [1.54, 1.807) is 28.9 Å². The molecule has 1 heterocycles. The number of nitrogens with zero attached hydrogens (tertiary/aromatic N) is 2. The van der Waals surface area contributed by atoms with Crippen LogP contribution >= 0.6 is 0 Å². The normalized spacial score (nSPS) is 11.6. The molecule has 0 aliphatic heterocycles. The maximum Gasteiger partial charge on any atom is 0.418 e. The Morgan fingerprint density at radius 1 is 0.923 bits per heavy atom. The SMILES string of the molecule is Cc1ccc(Cn2nc3c(C(F)(F)F)cccc3c2-c2ccc(Nc3cccc(CC(=O)O)c3)cc2)c(C)c1. The highest BCUT2D eigenvalue weighted by Crippen LogP contribution is 2.38. The molecule has 0 atom stereocenters. The molecule has 0 bridgehead atoms. The predicted molar refractivity (Wildman–Crippen MR) is 146 cm³/mol. The number of fused-ring (bicyclic) bond motifs is 1. The van der Waals surface area contributed by atoms with Gasteiger partial charge in [0, 0.05) is 22.3 Å². The van der Waals surface area contributed by atoms with Gasteiger partial charge in [0.1, 0.15) is 5.52 Å². The number of rotatable bonds is 7. The Morgan fingerprint density at radius 2 is 1.67 bits per heavy atom. The van der Waals surface area contributed by atoms with Gasteiger partial charge in [-0.3, -0.25) is 9.48 Å². The van der Waals surface area contributed by atoms with Crippen molar-refractivity contribution in [3.05, 3.63) is 113 Å². The van der Waals surface area contributed by atoms with E-state index in [2.05, 4.69) is 10.4 Å². The molecule has 0 saturated heterocycles. The van der Waals surface area contributed by atoms with Gasteiger partial charge in [-0.15, -0.1) is 0 Å². The molecule has 4 aromatic carbocycles. The minimum atomic E-state index is -4.53. The van der Waals surface area contributed by atoms with Crippen molar-refractivity contribution >= 4 is 28.2 Å². The number of hydrogen-bond donors (Lipinski definition) is 2. The summed E-state index contributed by atoms with van der Waals surface area (Å²) < 4.78 is 43.2. The van der Waals surface area contributed by atoms with E-state index < -0.39 is 17.7 Å². The van der Waals surface area contributed by atoms with Gasteiger partial charge in [-0.2, -0.15) is 18.3 Å². The Hall–Kier alpha value is -4.59. The molecule has 198 valence electrons. The summed E-state index contributed by atoms with van der Waals surface area (Å²) in [6.07, 6.45) is -4.61. The smallest absolute Gasteiger partial charge is 0.418 e. The van der Waals surface area contributed by atoms with Crippen molar-refractivity contribution in [2.45, 2.75) is 33.0 Å². The lowest BCUT2D eigenvalue weighted by Gasteiger charge is -2.12. The Kier molecular flexibility index (Phi) is 6.87. The Morgan fingerprint density at radius 3 is 2.36 bits per heavy atom. The lowest BCUT2D eigenvalue weighted by Crippen LogP contribution is -2.07. The van der Waals surface area contributed by atoms with Crippen LogP contribution in [0.1, 0.15) is 27.8 Å². The highest BCUT2D eigenvalue weighted by Gasteiger charge is 2.34. The second kappa shape index (κ2) is 10.3. The highest BCUT2D eigenvalue weighted by atomic mass is 19.4. The molecule has 0 radical (unpaired) electrons. The van der Waals surface area contributed by atoms with E-state index in [1.807, 2.05) is 62.4 Å². The van der Waals surface area contributed by atoms with Crippen molar-refractivity contribution in [2.24, 2.45) is 0 Å². The van der Waals surface area contributed by atoms with Gasteiger partial charge in [-0.25, -0.2) is 0 Å². The van der Waals surface area contributed by atoms with Crippen LogP contribution < -0.4 is 5.32 Å². The van der Waals surface area contributed by atoms with Gasteiger partial charge in [-0.05, 0) is 60.9 Å². The van der Waals surface area contributed by atoms with E-state index in [0.29, 0.717) is 23.2 Å². The van der Waals surface area contributed by atoms with Crippen molar-refractivity contribution in [3.8, 4) is 11.3 Å². The van der Waals surface area contributed by atoms with Gasteiger partial charge >= 0.3 is 12.1 Å². The first kappa shape index (κ1) is 26.0. The molecule has 0 aliphatic rings. The number of carbonyl (C=O) groups is 1. The zero-order chi connectivity index (χ0) is 27.7. The lowest BCUT2D eigenvalue weighted by molar-refractivity contribution is -0.137. The van der Waals surface area contributed by atoms with E-state index in [0.717, 1.165) is 39.7 Å². The van der Waals surface area contributed by atoms with Crippen LogP contribution in [0.5, 0.6) is 0 Å². The van der Waals surface area contributed by atoms with Crippen LogP contribution in [0.4, 0.5) is 24.5 Å². The van der Waals surface area contributed by atoms with Gasteiger partial charge in [0.2, 0.25) is 0 Å². The van der Waals surface area contributed by atoms with Crippen molar-refractivity contribution in [2.75, 3.05) is 5.32 Å². The molecule has 5 aromatic rings. The van der Waals surface area contributed by atoms with E-state index in [1.165, 1.54) is 6.07 Å². The number of anilines is 2. The molecule has 0 aliphatic carbocycles. The van der Waals surface area contributed by atoms with Crippen LogP contribution in [0.2, 0.25) is 0 Å². The topological polar surface area (TPSA) is 67.2 Å². The molecule has 5 rings (SSSR count). The van der Waals surface area contributed by atoms with Crippen molar-refractivity contribution in [1.82, 2.24) is 9.78 Å². The molecule has 1 aromatic heterocycles. The number of hydrogen-bond acceptors (Lipinski definition) is 3. The number of carboxylic acids is 1. The van der Waals surface area contributed by atoms with Crippen molar-refractivity contribution < 1.29 is 23.1 Å². The molecular weight excluding hydrogens is 503 g/mol. The highest BCUT2D eigenvalue weighted by molar-refractivity contribution is 5.95. The summed E-state index contributed by atoms with van der Waals surface area (Å²) in [5.41, 5.74) is 5.78. The first-order chi connectivity index (χ1) is 18.6. The molecule has 5 nitrogen and oxygen atoms in total. The Bertz CT molecular complexity index is 1670. The number of benzene rings is 4. The number of nitrogens with one attached hydrogen (secondary N) is 1. The maximum atomic E-state index is 13.9. The zero-order valence-corrected chi connectivity index (χ0v) is 21.4. The van der Waals surface area contributed by atoms with Crippen LogP contribution in [0.3, 0.4) is 0 Å². The summed E-state index contributed by atoms with van der Waals surface area (Å²) in [5, 5.41) is 17.2. The quantitative estimate of drug-likeness (QED) is 0.226. The first-order valence-electron chi connectivity index (χ1n) is 12.4.